The fourth-order valence-electron chi connectivity index (χ4n) is 3.49. The van der Waals surface area contributed by atoms with E-state index >= 15 is 0 Å². The van der Waals surface area contributed by atoms with E-state index in [9.17, 15) is 9.90 Å². The maximum atomic E-state index is 11.3. The van der Waals surface area contributed by atoms with Crippen LogP contribution >= 0.6 is 0 Å². The fourth-order valence-corrected chi connectivity index (χ4v) is 3.49. The first-order valence-corrected chi connectivity index (χ1v) is 8.61. The molecule has 0 spiro atoms. The molecule has 3 nitrogen and oxygen atoms in total. The van der Waals surface area contributed by atoms with Crippen LogP contribution in [-0.4, -0.2) is 17.1 Å². The third-order valence-electron chi connectivity index (χ3n) is 4.84. The molecule has 0 saturated carbocycles. The molecule has 4 aromatic rings. The summed E-state index contributed by atoms with van der Waals surface area (Å²) in [7, 11) is 0. The smallest absolute Gasteiger partial charge is 0.320 e. The van der Waals surface area contributed by atoms with Gasteiger partial charge in [0.25, 0.3) is 0 Å². The number of nitrogens with two attached hydrogens (primary N) is 1. The molecule has 4 rings (SSSR count). The van der Waals surface area contributed by atoms with Crippen LogP contribution in [-0.2, 0) is 11.2 Å². The van der Waals surface area contributed by atoms with Crippen molar-refractivity contribution in [1.29, 1.82) is 0 Å². The van der Waals surface area contributed by atoms with Crippen molar-refractivity contribution in [3.05, 3.63) is 84.4 Å². The summed E-state index contributed by atoms with van der Waals surface area (Å²) in [6.45, 7) is 0. The average Bonchev–Trinajstić information content (AvgIpc) is 2.67. The number of carbonyl (C=O) groups is 1. The summed E-state index contributed by atoms with van der Waals surface area (Å²) in [6.07, 6.45) is 0.291. The average molecular weight is 341 g/mol. The van der Waals surface area contributed by atoms with Crippen molar-refractivity contribution in [2.45, 2.75) is 12.5 Å². The van der Waals surface area contributed by atoms with Crippen molar-refractivity contribution in [3.63, 3.8) is 0 Å². The minimum absolute atomic E-state index is 0.291. The summed E-state index contributed by atoms with van der Waals surface area (Å²) in [5.41, 5.74) is 8.96. The Bertz CT molecular complexity index is 1120. The second kappa shape index (κ2) is 6.62. The third kappa shape index (κ3) is 2.93. The molecule has 0 aromatic heterocycles. The van der Waals surface area contributed by atoms with Crippen molar-refractivity contribution < 1.29 is 9.90 Å². The van der Waals surface area contributed by atoms with Gasteiger partial charge in [-0.1, -0.05) is 72.8 Å². The molecule has 0 saturated heterocycles. The normalized spacial score (nSPS) is 12.3. The van der Waals surface area contributed by atoms with Gasteiger partial charge in [-0.3, -0.25) is 4.79 Å². The van der Waals surface area contributed by atoms with Gasteiger partial charge in [0.15, 0.2) is 0 Å². The molecule has 3 N–H and O–H groups in total. The van der Waals surface area contributed by atoms with Crippen molar-refractivity contribution in [2.75, 3.05) is 0 Å². The van der Waals surface area contributed by atoms with Gasteiger partial charge in [0.1, 0.15) is 6.04 Å². The van der Waals surface area contributed by atoms with Gasteiger partial charge in [-0.05, 0) is 50.7 Å². The molecule has 128 valence electrons. The number of hydrogen-bond acceptors (Lipinski definition) is 2. The summed E-state index contributed by atoms with van der Waals surface area (Å²) in [4.78, 5) is 11.3. The molecule has 4 aromatic carbocycles. The minimum atomic E-state index is -0.984. The standard InChI is InChI=1S/C23H19NO2/c24-22(23(25)26)14-21-19-8-4-3-6-16(19)11-12-20(21)18-10-9-15-5-1-2-7-17(15)13-18/h1-13,22H,14,24H2,(H,25,26). The van der Waals surface area contributed by atoms with E-state index in [2.05, 4.69) is 42.5 Å². The van der Waals surface area contributed by atoms with Crippen LogP contribution in [0.15, 0.2) is 78.9 Å². The van der Waals surface area contributed by atoms with Crippen LogP contribution in [0.1, 0.15) is 5.56 Å². The summed E-state index contributed by atoms with van der Waals surface area (Å²) in [6, 6.07) is 25.8. The maximum Gasteiger partial charge on any atom is 0.320 e. The van der Waals surface area contributed by atoms with E-state index in [1.54, 1.807) is 0 Å². The molecular formula is C23H19NO2. The molecule has 1 unspecified atom stereocenters. The van der Waals surface area contributed by atoms with Gasteiger partial charge in [-0.15, -0.1) is 0 Å². The molecule has 0 heterocycles. The molecule has 0 radical (unpaired) electrons. The topological polar surface area (TPSA) is 63.3 Å². The Morgan fingerprint density at radius 2 is 1.50 bits per heavy atom. The number of hydrogen-bond donors (Lipinski definition) is 2. The van der Waals surface area contributed by atoms with Crippen LogP contribution in [0.2, 0.25) is 0 Å². The first kappa shape index (κ1) is 16.3. The van der Waals surface area contributed by atoms with Crippen molar-refractivity contribution in [2.24, 2.45) is 5.73 Å². The summed E-state index contributed by atoms with van der Waals surface area (Å²) < 4.78 is 0. The highest BCUT2D eigenvalue weighted by Gasteiger charge is 2.17. The molecule has 0 amide bonds. The van der Waals surface area contributed by atoms with Gasteiger partial charge in [0.05, 0.1) is 0 Å². The number of rotatable bonds is 4. The van der Waals surface area contributed by atoms with Gasteiger partial charge >= 0.3 is 5.97 Å². The Morgan fingerprint density at radius 1 is 0.846 bits per heavy atom. The predicted molar refractivity (Wildman–Crippen MR) is 106 cm³/mol. The van der Waals surface area contributed by atoms with Crippen LogP contribution in [0, 0.1) is 0 Å². The van der Waals surface area contributed by atoms with Gasteiger partial charge in [0, 0.05) is 0 Å². The lowest BCUT2D eigenvalue weighted by molar-refractivity contribution is -0.138. The molecule has 0 bridgehead atoms. The van der Waals surface area contributed by atoms with E-state index < -0.39 is 12.0 Å². The Hall–Kier alpha value is -3.17. The summed E-state index contributed by atoms with van der Waals surface area (Å²) >= 11 is 0. The van der Waals surface area contributed by atoms with Crippen LogP contribution in [0.3, 0.4) is 0 Å². The lowest BCUT2D eigenvalue weighted by Gasteiger charge is -2.16. The van der Waals surface area contributed by atoms with Gasteiger partial charge in [-0.2, -0.15) is 0 Å². The molecule has 1 atom stereocenters. The van der Waals surface area contributed by atoms with E-state index in [1.165, 1.54) is 5.39 Å². The SMILES string of the molecule is NC(Cc1c(-c2ccc3ccccc3c2)ccc2ccccc12)C(=O)O. The molecule has 0 fully saturated rings. The number of aliphatic carboxylic acids is 1. The molecule has 0 aliphatic rings. The van der Waals surface area contributed by atoms with Gasteiger partial charge in [-0.25, -0.2) is 0 Å². The number of benzene rings is 4. The van der Waals surface area contributed by atoms with Gasteiger partial charge < -0.3 is 10.8 Å². The number of fused-ring (bicyclic) bond motifs is 2. The molecule has 3 heteroatoms. The maximum absolute atomic E-state index is 11.3. The van der Waals surface area contributed by atoms with E-state index in [-0.39, 0.29) is 0 Å². The Balaban J connectivity index is 1.93. The Labute approximate surface area is 151 Å². The second-order valence-electron chi connectivity index (χ2n) is 6.52. The largest absolute Gasteiger partial charge is 0.480 e. The van der Waals surface area contributed by atoms with E-state index in [1.807, 2.05) is 36.4 Å². The Kier molecular flexibility index (Phi) is 4.15. The molecular weight excluding hydrogens is 322 g/mol. The minimum Gasteiger partial charge on any atom is -0.480 e. The summed E-state index contributed by atoms with van der Waals surface area (Å²) in [5.74, 6) is -0.984. The summed E-state index contributed by atoms with van der Waals surface area (Å²) in [5, 5.41) is 13.8. The highest BCUT2D eigenvalue weighted by molar-refractivity contribution is 5.95. The van der Waals surface area contributed by atoms with Crippen LogP contribution < -0.4 is 5.73 Å². The first-order chi connectivity index (χ1) is 12.6. The molecule has 26 heavy (non-hydrogen) atoms. The quantitative estimate of drug-likeness (QED) is 0.569. The number of carboxylic acid groups (broad SMARTS) is 1. The molecule has 0 aliphatic heterocycles. The van der Waals surface area contributed by atoms with E-state index in [0.717, 1.165) is 32.8 Å². The predicted octanol–water partition coefficient (Wildman–Crippen LogP) is 4.61. The zero-order valence-corrected chi connectivity index (χ0v) is 14.2. The van der Waals surface area contributed by atoms with Gasteiger partial charge in [0.2, 0.25) is 0 Å². The Morgan fingerprint density at radius 3 is 2.27 bits per heavy atom. The lowest BCUT2D eigenvalue weighted by atomic mass is 9.89. The van der Waals surface area contributed by atoms with E-state index in [4.69, 9.17) is 5.73 Å². The molecule has 0 aliphatic carbocycles. The fraction of sp³-hybridized carbons (Fsp3) is 0.0870. The number of carboxylic acids is 1. The lowest BCUT2D eigenvalue weighted by Crippen LogP contribution is -2.32. The third-order valence-corrected chi connectivity index (χ3v) is 4.84. The van der Waals surface area contributed by atoms with E-state index in [0.29, 0.717) is 6.42 Å². The van der Waals surface area contributed by atoms with Crippen LogP contribution in [0.4, 0.5) is 0 Å². The monoisotopic (exact) mass is 341 g/mol. The highest BCUT2D eigenvalue weighted by Crippen LogP contribution is 2.33. The second-order valence-corrected chi connectivity index (χ2v) is 6.52. The van der Waals surface area contributed by atoms with Crippen LogP contribution in [0.5, 0.6) is 0 Å². The van der Waals surface area contributed by atoms with Crippen molar-refractivity contribution in [3.8, 4) is 11.1 Å². The van der Waals surface area contributed by atoms with Crippen LogP contribution in [0.25, 0.3) is 32.7 Å². The zero-order chi connectivity index (χ0) is 18.1. The zero-order valence-electron chi connectivity index (χ0n) is 14.2. The van der Waals surface area contributed by atoms with Crippen molar-refractivity contribution in [1.82, 2.24) is 0 Å². The first-order valence-electron chi connectivity index (χ1n) is 8.61. The van der Waals surface area contributed by atoms with Crippen molar-refractivity contribution >= 4 is 27.5 Å². The highest BCUT2D eigenvalue weighted by atomic mass is 16.4.